The highest BCUT2D eigenvalue weighted by Gasteiger charge is 2.28. The molecule has 33 heavy (non-hydrogen) atoms. The summed E-state index contributed by atoms with van der Waals surface area (Å²) in [5.74, 6) is 1.16. The van der Waals surface area contributed by atoms with Gasteiger partial charge in [-0.3, -0.25) is 0 Å². The highest BCUT2D eigenvalue weighted by molar-refractivity contribution is 5.95. The van der Waals surface area contributed by atoms with Crippen LogP contribution in [0.15, 0.2) is 9.05 Å². The number of hydrogen-bond donors (Lipinski definition) is 2. The summed E-state index contributed by atoms with van der Waals surface area (Å²) in [6.45, 7) is 7.71. The Kier molecular flexibility index (Phi) is 6.10. The summed E-state index contributed by atoms with van der Waals surface area (Å²) in [7, 11) is 3.13. The van der Waals surface area contributed by atoms with Gasteiger partial charge in [-0.25, -0.2) is 0 Å². The van der Waals surface area contributed by atoms with Crippen LogP contribution in [-0.2, 0) is 19.3 Å². The molecular formula is C25H30N2O6. The van der Waals surface area contributed by atoms with Gasteiger partial charge in [0.05, 0.1) is 36.4 Å². The van der Waals surface area contributed by atoms with Gasteiger partial charge in [-0.05, 0) is 26.7 Å². The van der Waals surface area contributed by atoms with Crippen LogP contribution in [0.1, 0.15) is 60.3 Å². The lowest BCUT2D eigenvalue weighted by Crippen LogP contribution is -2.00. The van der Waals surface area contributed by atoms with E-state index in [9.17, 15) is 10.2 Å². The van der Waals surface area contributed by atoms with Crippen molar-refractivity contribution < 1.29 is 28.7 Å². The molecule has 0 atom stereocenters. The number of aromatic nitrogens is 2. The van der Waals surface area contributed by atoms with Crippen LogP contribution >= 0.6 is 0 Å². The summed E-state index contributed by atoms with van der Waals surface area (Å²) in [5, 5.41) is 32.2. The zero-order valence-corrected chi connectivity index (χ0v) is 20.0. The van der Waals surface area contributed by atoms with Crippen molar-refractivity contribution in [3.63, 3.8) is 0 Å². The predicted octanol–water partition coefficient (Wildman–Crippen LogP) is 5.51. The molecule has 0 aliphatic heterocycles. The highest BCUT2D eigenvalue weighted by Crippen LogP contribution is 2.46. The smallest absolute Gasteiger partial charge is 0.178 e. The van der Waals surface area contributed by atoms with Crippen LogP contribution in [0.25, 0.3) is 21.9 Å². The first-order valence-electron chi connectivity index (χ1n) is 11.2. The number of aromatic hydroxyl groups is 2. The van der Waals surface area contributed by atoms with Gasteiger partial charge in [0.2, 0.25) is 0 Å². The van der Waals surface area contributed by atoms with Crippen molar-refractivity contribution in [2.75, 3.05) is 14.2 Å². The van der Waals surface area contributed by atoms with E-state index in [-0.39, 0.29) is 17.9 Å². The minimum atomic E-state index is 0.0351. The second-order valence-electron chi connectivity index (χ2n) is 8.31. The molecule has 0 aliphatic carbocycles. The molecule has 0 saturated carbocycles. The summed E-state index contributed by atoms with van der Waals surface area (Å²) >= 11 is 0. The molecule has 0 bridgehead atoms. The lowest BCUT2D eigenvalue weighted by atomic mass is 9.93. The van der Waals surface area contributed by atoms with E-state index in [4.69, 9.17) is 18.5 Å². The molecule has 0 radical (unpaired) electrons. The SMILES string of the molecule is CCCc1noc2c(Cc3c(O)c(C)c(OC)c4c(CCC)noc34)c(O)c(C)c(OC)c12. The number of benzene rings is 2. The third kappa shape index (κ3) is 3.44. The van der Waals surface area contributed by atoms with Crippen LogP contribution < -0.4 is 9.47 Å². The number of phenols is 2. The van der Waals surface area contributed by atoms with Gasteiger partial charge < -0.3 is 28.7 Å². The monoisotopic (exact) mass is 454 g/mol. The molecule has 2 N–H and O–H groups in total. The lowest BCUT2D eigenvalue weighted by Gasteiger charge is -2.16. The van der Waals surface area contributed by atoms with Crippen molar-refractivity contribution in [1.29, 1.82) is 0 Å². The Hall–Kier alpha value is -3.42. The second-order valence-corrected chi connectivity index (χ2v) is 8.31. The van der Waals surface area contributed by atoms with Crippen molar-refractivity contribution >= 4 is 21.9 Å². The van der Waals surface area contributed by atoms with E-state index in [0.29, 0.717) is 57.8 Å². The maximum atomic E-state index is 11.1. The molecule has 0 fully saturated rings. The molecular weight excluding hydrogens is 424 g/mol. The first kappa shape index (κ1) is 22.8. The molecule has 0 amide bonds. The normalized spacial score (nSPS) is 11.6. The molecule has 0 spiro atoms. The van der Waals surface area contributed by atoms with Gasteiger partial charge in [0.25, 0.3) is 0 Å². The molecule has 2 aromatic carbocycles. The zero-order valence-electron chi connectivity index (χ0n) is 20.0. The maximum Gasteiger partial charge on any atom is 0.178 e. The molecule has 8 nitrogen and oxygen atoms in total. The Morgan fingerprint density at radius 1 is 0.727 bits per heavy atom. The number of hydrogen-bond acceptors (Lipinski definition) is 8. The van der Waals surface area contributed by atoms with Crippen molar-refractivity contribution in [2.24, 2.45) is 0 Å². The molecule has 4 rings (SSSR count). The first-order valence-corrected chi connectivity index (χ1v) is 11.2. The standard InChI is InChI=1S/C25H30N2O6/c1-7-9-16-18-22(30-5)12(3)20(28)14(24(18)32-26-16)11-15-21(29)13(4)23(31-6)19-17(10-8-2)27-33-25(15)19/h28-29H,7-11H2,1-6H3. The topological polar surface area (TPSA) is 111 Å². The third-order valence-corrected chi connectivity index (χ3v) is 6.23. The molecule has 0 aliphatic rings. The second kappa shape index (κ2) is 8.84. The molecule has 2 aromatic heterocycles. The predicted molar refractivity (Wildman–Crippen MR) is 125 cm³/mol. The zero-order chi connectivity index (χ0) is 23.9. The molecule has 0 saturated heterocycles. The van der Waals surface area contributed by atoms with E-state index >= 15 is 0 Å². The van der Waals surface area contributed by atoms with E-state index in [2.05, 4.69) is 24.2 Å². The number of methoxy groups -OCH3 is 2. The number of ether oxygens (including phenoxy) is 2. The van der Waals surface area contributed by atoms with Crippen molar-refractivity contribution in [2.45, 2.75) is 59.8 Å². The molecule has 4 aromatic rings. The minimum Gasteiger partial charge on any atom is -0.507 e. The maximum absolute atomic E-state index is 11.1. The van der Waals surface area contributed by atoms with Gasteiger partial charge in [-0.1, -0.05) is 37.0 Å². The third-order valence-electron chi connectivity index (χ3n) is 6.23. The summed E-state index contributed by atoms with van der Waals surface area (Å²) in [4.78, 5) is 0. The Labute approximate surface area is 192 Å². The van der Waals surface area contributed by atoms with Gasteiger partial charge in [0.1, 0.15) is 23.0 Å². The number of fused-ring (bicyclic) bond motifs is 2. The molecule has 8 heteroatoms. The summed E-state index contributed by atoms with van der Waals surface area (Å²) in [5.41, 5.74) is 4.62. The summed E-state index contributed by atoms with van der Waals surface area (Å²) in [6, 6.07) is 0. The lowest BCUT2D eigenvalue weighted by molar-refractivity contribution is 0.402. The van der Waals surface area contributed by atoms with Gasteiger partial charge in [-0.2, -0.15) is 0 Å². The van der Waals surface area contributed by atoms with E-state index in [1.807, 2.05) is 0 Å². The quantitative estimate of drug-likeness (QED) is 0.358. The van der Waals surface area contributed by atoms with Crippen LogP contribution in [0.5, 0.6) is 23.0 Å². The van der Waals surface area contributed by atoms with Crippen LogP contribution in [0, 0.1) is 13.8 Å². The Balaban J connectivity index is 2.00. The molecule has 176 valence electrons. The van der Waals surface area contributed by atoms with Crippen LogP contribution in [0.4, 0.5) is 0 Å². The van der Waals surface area contributed by atoms with E-state index in [1.54, 1.807) is 28.1 Å². The van der Waals surface area contributed by atoms with Crippen LogP contribution in [-0.4, -0.2) is 34.7 Å². The highest BCUT2D eigenvalue weighted by atomic mass is 16.5. The van der Waals surface area contributed by atoms with Crippen molar-refractivity contribution in [1.82, 2.24) is 10.3 Å². The largest absolute Gasteiger partial charge is 0.507 e. The number of nitrogens with zero attached hydrogens (tertiary/aromatic N) is 2. The fourth-order valence-electron chi connectivity index (χ4n) is 4.61. The minimum absolute atomic E-state index is 0.0351. The van der Waals surface area contributed by atoms with Crippen LogP contribution in [0.3, 0.4) is 0 Å². The van der Waals surface area contributed by atoms with Gasteiger partial charge in [0, 0.05) is 28.7 Å². The van der Waals surface area contributed by atoms with E-state index in [0.717, 1.165) is 35.0 Å². The van der Waals surface area contributed by atoms with Gasteiger partial charge >= 0.3 is 0 Å². The van der Waals surface area contributed by atoms with Crippen molar-refractivity contribution in [3.8, 4) is 23.0 Å². The Morgan fingerprint density at radius 3 is 1.45 bits per heavy atom. The number of phenolic OH excluding ortho intramolecular Hbond substituents is 2. The average Bonchev–Trinajstić information content (AvgIpc) is 3.40. The molecule has 2 heterocycles. The Morgan fingerprint density at radius 2 is 1.12 bits per heavy atom. The number of aryl methyl sites for hydroxylation is 2. The van der Waals surface area contributed by atoms with Crippen molar-refractivity contribution in [3.05, 3.63) is 33.6 Å². The van der Waals surface area contributed by atoms with Gasteiger partial charge in [0.15, 0.2) is 11.2 Å². The van der Waals surface area contributed by atoms with Gasteiger partial charge in [-0.15, -0.1) is 0 Å². The fourth-order valence-corrected chi connectivity index (χ4v) is 4.61. The van der Waals surface area contributed by atoms with E-state index in [1.165, 1.54) is 0 Å². The van der Waals surface area contributed by atoms with E-state index < -0.39 is 0 Å². The first-order chi connectivity index (χ1) is 15.9. The summed E-state index contributed by atoms with van der Waals surface area (Å²) in [6.07, 6.45) is 3.36. The fraction of sp³-hybridized carbons (Fsp3) is 0.440. The molecule has 0 unspecified atom stereocenters. The summed E-state index contributed by atoms with van der Waals surface area (Å²) < 4.78 is 22.6. The number of rotatable bonds is 8. The average molecular weight is 455 g/mol. The van der Waals surface area contributed by atoms with Crippen LogP contribution in [0.2, 0.25) is 0 Å². The Bertz CT molecular complexity index is 1230.